The molecular formula is C27H23BrFN3O6S3. The molecule has 0 saturated carbocycles. The summed E-state index contributed by atoms with van der Waals surface area (Å²) in [4.78, 5) is 36.9. The molecule has 3 aromatic carbocycles. The van der Waals surface area contributed by atoms with E-state index in [0.717, 1.165) is 11.8 Å². The largest absolute Gasteiger partial charge is 0.465 e. The second-order valence-corrected chi connectivity index (χ2v) is 12.9. The Morgan fingerprint density at radius 2 is 1.80 bits per heavy atom. The molecule has 14 heteroatoms. The molecule has 1 aliphatic heterocycles. The Bertz CT molecular complexity index is 1600. The zero-order chi connectivity index (χ0) is 29.7. The number of anilines is 2. The number of hydrogen-bond donors (Lipinski definition) is 2. The number of carbonyl (C=O) groups excluding carboxylic acids is 3. The monoisotopic (exact) mass is 679 g/mol. The fourth-order valence-electron chi connectivity index (χ4n) is 3.90. The van der Waals surface area contributed by atoms with Crippen molar-refractivity contribution in [1.82, 2.24) is 5.32 Å². The number of nitrogens with zero attached hydrogens (tertiary/aromatic N) is 1. The molecule has 1 saturated heterocycles. The minimum absolute atomic E-state index is 0.00627. The molecule has 1 atom stereocenters. The van der Waals surface area contributed by atoms with E-state index in [9.17, 15) is 27.2 Å². The Morgan fingerprint density at radius 1 is 1.12 bits per heavy atom. The maximum Gasteiger partial charge on any atom is 0.325 e. The van der Waals surface area contributed by atoms with E-state index >= 15 is 0 Å². The number of esters is 1. The molecular weight excluding hydrogens is 657 g/mol. The van der Waals surface area contributed by atoms with E-state index in [1.807, 2.05) is 0 Å². The van der Waals surface area contributed by atoms with Crippen LogP contribution in [0.3, 0.4) is 0 Å². The average Bonchev–Trinajstić information content (AvgIpc) is 3.24. The number of sulfonamides is 1. The summed E-state index contributed by atoms with van der Waals surface area (Å²) in [6, 6.07) is 16.5. The van der Waals surface area contributed by atoms with Gasteiger partial charge in [0.2, 0.25) is 5.91 Å². The van der Waals surface area contributed by atoms with E-state index < -0.39 is 32.3 Å². The molecule has 1 aliphatic rings. The van der Waals surface area contributed by atoms with Crippen molar-refractivity contribution in [2.45, 2.75) is 23.5 Å². The Kier molecular flexibility index (Phi) is 9.79. The Labute approximate surface area is 254 Å². The van der Waals surface area contributed by atoms with Gasteiger partial charge >= 0.3 is 5.97 Å². The van der Waals surface area contributed by atoms with Crippen LogP contribution < -0.4 is 14.9 Å². The number of rotatable bonds is 10. The number of benzene rings is 3. The maximum atomic E-state index is 14.8. The van der Waals surface area contributed by atoms with E-state index in [1.54, 1.807) is 37.3 Å². The smallest absolute Gasteiger partial charge is 0.325 e. The van der Waals surface area contributed by atoms with E-state index in [2.05, 4.69) is 26.0 Å². The molecule has 9 nitrogen and oxygen atoms in total. The molecule has 41 heavy (non-hydrogen) atoms. The summed E-state index contributed by atoms with van der Waals surface area (Å²) in [5.41, 5.74) is 1.49. The normalized spacial score (nSPS) is 14.9. The van der Waals surface area contributed by atoms with Gasteiger partial charge in [-0.3, -0.25) is 24.4 Å². The molecule has 3 aromatic rings. The molecule has 0 bridgehead atoms. The highest BCUT2D eigenvalue weighted by Crippen LogP contribution is 2.27. The fourth-order valence-corrected chi connectivity index (χ4v) is 6.45. The highest BCUT2D eigenvalue weighted by atomic mass is 79.9. The number of thioether (sulfide) groups is 1. The summed E-state index contributed by atoms with van der Waals surface area (Å²) in [5.74, 6) is -1.56. The van der Waals surface area contributed by atoms with E-state index in [1.165, 1.54) is 41.3 Å². The van der Waals surface area contributed by atoms with Crippen LogP contribution in [0.1, 0.15) is 18.1 Å². The third-order valence-electron chi connectivity index (χ3n) is 5.84. The van der Waals surface area contributed by atoms with Crippen LogP contribution in [-0.4, -0.2) is 48.9 Å². The first-order chi connectivity index (χ1) is 19.5. The number of thiocarbonyl (C=S) groups is 1. The zero-order valence-corrected chi connectivity index (χ0v) is 25.5. The van der Waals surface area contributed by atoms with Gasteiger partial charge in [0, 0.05) is 15.7 Å². The third-order valence-corrected chi connectivity index (χ3v) is 9.17. The van der Waals surface area contributed by atoms with E-state index in [4.69, 9.17) is 17.0 Å². The average molecular weight is 681 g/mol. The predicted molar refractivity (Wildman–Crippen MR) is 162 cm³/mol. The second-order valence-electron chi connectivity index (χ2n) is 8.71. The van der Waals surface area contributed by atoms with Gasteiger partial charge in [0.1, 0.15) is 17.4 Å². The van der Waals surface area contributed by atoms with E-state index in [0.29, 0.717) is 15.6 Å². The Hall–Kier alpha value is -3.33. The first-order valence-electron chi connectivity index (χ1n) is 12.1. The Balaban J connectivity index is 1.48. The summed E-state index contributed by atoms with van der Waals surface area (Å²) in [5, 5.41) is 1.27. The van der Waals surface area contributed by atoms with Gasteiger partial charge in [-0.1, -0.05) is 52.0 Å². The van der Waals surface area contributed by atoms with Crippen molar-refractivity contribution >= 4 is 83.4 Å². The number of nitrogens with one attached hydrogen (secondary N) is 2. The number of carbonyl (C=O) groups is 3. The van der Waals surface area contributed by atoms with Gasteiger partial charge in [0.25, 0.3) is 15.3 Å². The molecule has 0 spiro atoms. The van der Waals surface area contributed by atoms with Crippen LogP contribution in [0.4, 0.5) is 20.6 Å². The molecule has 0 radical (unpaired) electrons. The van der Waals surface area contributed by atoms with Gasteiger partial charge in [0.15, 0.2) is 0 Å². The van der Waals surface area contributed by atoms with Crippen molar-refractivity contribution in [2.75, 3.05) is 22.8 Å². The molecule has 2 amide bonds. The number of amides is 2. The van der Waals surface area contributed by atoms with Crippen molar-refractivity contribution < 1.29 is 31.9 Å². The zero-order valence-electron chi connectivity index (χ0n) is 21.4. The minimum atomic E-state index is -3.95. The summed E-state index contributed by atoms with van der Waals surface area (Å²) in [6.45, 7) is 1.49. The summed E-state index contributed by atoms with van der Waals surface area (Å²) >= 11 is 9.70. The molecule has 1 fully saturated rings. The van der Waals surface area contributed by atoms with E-state index in [-0.39, 0.29) is 46.7 Å². The van der Waals surface area contributed by atoms with Crippen LogP contribution >= 0.6 is 39.9 Å². The Morgan fingerprint density at radius 3 is 2.39 bits per heavy atom. The predicted octanol–water partition coefficient (Wildman–Crippen LogP) is 5.03. The second kappa shape index (κ2) is 13.1. The first-order valence-corrected chi connectivity index (χ1v) is 15.7. The van der Waals surface area contributed by atoms with Gasteiger partial charge in [-0.05, 0) is 73.5 Å². The lowest BCUT2D eigenvalue weighted by atomic mass is 10.1. The van der Waals surface area contributed by atoms with Gasteiger partial charge in [0.05, 0.1) is 22.4 Å². The highest BCUT2D eigenvalue weighted by Gasteiger charge is 2.31. The lowest BCUT2D eigenvalue weighted by Crippen LogP contribution is -2.36. The summed E-state index contributed by atoms with van der Waals surface area (Å²) < 4.78 is 48.7. The fraction of sp³-hybridized carbons (Fsp3) is 0.185. The standard InChI is InChI=1S/C27H23BrFN3O6S3/c1-2-38-24(33)15-32(22-12-7-18(28)14-21(22)29)26(39)17-5-8-19(9-6-17)31-41(36,37)20-10-3-16(4-11-20)13-23-25(34)30-27(35)40-23/h3-12,14,23,31H,2,13,15H2,1H3,(H,30,34,35). The van der Waals surface area contributed by atoms with Crippen molar-refractivity contribution in [3.05, 3.63) is 88.1 Å². The number of imide groups is 1. The minimum Gasteiger partial charge on any atom is -0.465 e. The third kappa shape index (κ3) is 7.70. The molecule has 2 N–H and O–H groups in total. The number of hydrogen-bond acceptors (Lipinski definition) is 8. The molecule has 0 aromatic heterocycles. The van der Waals surface area contributed by atoms with Crippen LogP contribution in [0.5, 0.6) is 0 Å². The SMILES string of the molecule is CCOC(=O)CN(C(=S)c1ccc(NS(=O)(=O)c2ccc(CC3SC(=O)NC3=O)cc2)cc1)c1ccc(Br)cc1F. The number of ether oxygens (including phenoxy) is 1. The van der Waals surface area contributed by atoms with Crippen molar-refractivity contribution in [2.24, 2.45) is 0 Å². The molecule has 1 heterocycles. The maximum absolute atomic E-state index is 14.8. The van der Waals surface area contributed by atoms with Gasteiger partial charge in [-0.2, -0.15) is 0 Å². The highest BCUT2D eigenvalue weighted by molar-refractivity contribution is 9.10. The summed E-state index contributed by atoms with van der Waals surface area (Å²) in [7, 11) is -3.95. The number of halogens is 2. The van der Waals surface area contributed by atoms with Crippen molar-refractivity contribution in [3.8, 4) is 0 Å². The van der Waals surface area contributed by atoms with Crippen molar-refractivity contribution in [3.63, 3.8) is 0 Å². The summed E-state index contributed by atoms with van der Waals surface area (Å²) in [6.07, 6.45) is 0.286. The lowest BCUT2D eigenvalue weighted by molar-refractivity contribution is -0.141. The molecule has 0 aliphatic carbocycles. The van der Waals surface area contributed by atoms with Crippen molar-refractivity contribution in [1.29, 1.82) is 0 Å². The van der Waals surface area contributed by atoms with Gasteiger partial charge in [-0.15, -0.1) is 0 Å². The van der Waals surface area contributed by atoms with Gasteiger partial charge < -0.3 is 9.64 Å². The van der Waals surface area contributed by atoms with Gasteiger partial charge in [-0.25, -0.2) is 12.8 Å². The molecule has 214 valence electrons. The quantitative estimate of drug-likeness (QED) is 0.225. The topological polar surface area (TPSA) is 122 Å². The molecule has 4 rings (SSSR count). The van der Waals surface area contributed by atoms with Crippen LogP contribution in [0.15, 0.2) is 76.1 Å². The lowest BCUT2D eigenvalue weighted by Gasteiger charge is -2.25. The van der Waals surface area contributed by atoms with Crippen LogP contribution in [0, 0.1) is 5.82 Å². The molecule has 1 unspecified atom stereocenters. The van der Waals surface area contributed by atoms with Crippen LogP contribution in [0.25, 0.3) is 0 Å². The van der Waals surface area contributed by atoms with Crippen LogP contribution in [0.2, 0.25) is 0 Å². The first kappa shape index (κ1) is 30.6. The van der Waals surface area contributed by atoms with Crippen LogP contribution in [-0.2, 0) is 30.8 Å².